The third-order valence-corrected chi connectivity index (χ3v) is 5.73. The van der Waals surface area contributed by atoms with Crippen LogP contribution < -0.4 is 4.74 Å². The highest BCUT2D eigenvalue weighted by atomic mass is 16.5. The molecule has 29 heavy (non-hydrogen) atoms. The van der Waals surface area contributed by atoms with Crippen molar-refractivity contribution in [2.75, 3.05) is 33.3 Å². The number of rotatable bonds is 5. The lowest BCUT2D eigenvalue weighted by Gasteiger charge is -2.38. The average Bonchev–Trinajstić information content (AvgIpc) is 3.02. The van der Waals surface area contributed by atoms with E-state index in [0.717, 1.165) is 41.5 Å². The fraction of sp³-hybridized carbons (Fsp3) is 0.478. The summed E-state index contributed by atoms with van der Waals surface area (Å²) in [4.78, 5) is 17.3. The fourth-order valence-corrected chi connectivity index (χ4v) is 4.15. The highest BCUT2D eigenvalue weighted by Crippen LogP contribution is 2.25. The van der Waals surface area contributed by atoms with Crippen LogP contribution >= 0.6 is 0 Å². The van der Waals surface area contributed by atoms with Gasteiger partial charge in [-0.3, -0.25) is 9.69 Å². The van der Waals surface area contributed by atoms with Crippen molar-refractivity contribution in [2.45, 2.75) is 33.7 Å². The highest BCUT2D eigenvalue weighted by Gasteiger charge is 2.29. The van der Waals surface area contributed by atoms with Gasteiger partial charge in [0.1, 0.15) is 11.8 Å². The first-order chi connectivity index (χ1) is 13.9. The largest absolute Gasteiger partial charge is 0.497 e. The summed E-state index contributed by atoms with van der Waals surface area (Å²) in [7, 11) is 1.65. The smallest absolute Gasteiger partial charge is 0.255 e. The van der Waals surface area contributed by atoms with Gasteiger partial charge in [-0.1, -0.05) is 19.9 Å². The lowest BCUT2D eigenvalue weighted by atomic mass is 10.0. The monoisotopic (exact) mass is 394 g/mol. The molecule has 1 aliphatic rings. The summed E-state index contributed by atoms with van der Waals surface area (Å²) in [5.41, 5.74) is 3.67. The number of hydrogen-bond donors (Lipinski definition) is 0. The van der Waals surface area contributed by atoms with Gasteiger partial charge in [-0.05, 0) is 38.0 Å². The van der Waals surface area contributed by atoms with Crippen LogP contribution in [0.1, 0.15) is 35.6 Å². The van der Waals surface area contributed by atoms with Gasteiger partial charge in [-0.25, -0.2) is 0 Å². The summed E-state index contributed by atoms with van der Waals surface area (Å²) in [6.07, 6.45) is 0. The van der Waals surface area contributed by atoms with Crippen molar-refractivity contribution in [3.8, 4) is 17.5 Å². The van der Waals surface area contributed by atoms with Crippen LogP contribution in [0, 0.1) is 31.1 Å². The van der Waals surface area contributed by atoms with Crippen LogP contribution in [0.4, 0.5) is 0 Å². The van der Waals surface area contributed by atoms with E-state index >= 15 is 0 Å². The molecule has 2 aromatic rings. The number of nitrogens with zero attached hydrogens (tertiary/aromatic N) is 4. The predicted octanol–water partition coefficient (Wildman–Crippen LogP) is 3.41. The topological polar surface area (TPSA) is 61.5 Å². The Kier molecular flexibility index (Phi) is 6.29. The Morgan fingerprint density at radius 2 is 1.83 bits per heavy atom. The Labute approximate surface area is 173 Å². The lowest BCUT2D eigenvalue weighted by Crippen LogP contribution is -2.52. The molecule has 0 saturated carbocycles. The zero-order chi connectivity index (χ0) is 21.1. The maximum absolute atomic E-state index is 13.2. The zero-order valence-corrected chi connectivity index (χ0v) is 18.0. The number of methoxy groups -OCH3 is 1. The Hall–Kier alpha value is -2.78. The summed E-state index contributed by atoms with van der Waals surface area (Å²) in [5, 5.41) is 9.43. The van der Waals surface area contributed by atoms with Crippen molar-refractivity contribution in [1.29, 1.82) is 5.26 Å². The molecule has 1 unspecified atom stereocenters. The van der Waals surface area contributed by atoms with Crippen molar-refractivity contribution in [2.24, 2.45) is 5.92 Å². The molecule has 0 N–H and O–H groups in total. The molecule has 1 amide bonds. The highest BCUT2D eigenvalue weighted by molar-refractivity contribution is 5.96. The third kappa shape index (κ3) is 4.15. The van der Waals surface area contributed by atoms with Crippen molar-refractivity contribution >= 4 is 5.91 Å². The van der Waals surface area contributed by atoms with Gasteiger partial charge in [0.2, 0.25) is 0 Å². The quantitative estimate of drug-likeness (QED) is 0.780. The van der Waals surface area contributed by atoms with Gasteiger partial charge in [0, 0.05) is 49.3 Å². The van der Waals surface area contributed by atoms with Gasteiger partial charge < -0.3 is 14.2 Å². The van der Waals surface area contributed by atoms with Gasteiger partial charge in [0.15, 0.2) is 0 Å². The maximum Gasteiger partial charge on any atom is 0.255 e. The van der Waals surface area contributed by atoms with Crippen LogP contribution in [-0.4, -0.2) is 59.6 Å². The molecule has 1 saturated heterocycles. The van der Waals surface area contributed by atoms with Crippen LogP contribution in [0.15, 0.2) is 30.3 Å². The number of ether oxygens (including phenoxy) is 1. The van der Waals surface area contributed by atoms with E-state index in [1.807, 2.05) is 49.1 Å². The first kappa shape index (κ1) is 20.9. The molecule has 1 aliphatic heterocycles. The average molecular weight is 395 g/mol. The number of benzene rings is 1. The van der Waals surface area contributed by atoms with Crippen molar-refractivity contribution in [3.05, 3.63) is 47.3 Å². The summed E-state index contributed by atoms with van der Waals surface area (Å²) in [5.74, 6) is 1.13. The Morgan fingerprint density at radius 1 is 1.14 bits per heavy atom. The minimum atomic E-state index is -0.0922. The minimum absolute atomic E-state index is 0.0601. The number of piperazine rings is 1. The summed E-state index contributed by atoms with van der Waals surface area (Å²) >= 11 is 0. The number of carbonyl (C=O) groups is 1. The number of nitriles is 1. The first-order valence-electron chi connectivity index (χ1n) is 10.1. The maximum atomic E-state index is 13.2. The molecule has 2 heterocycles. The van der Waals surface area contributed by atoms with Crippen molar-refractivity contribution in [1.82, 2.24) is 14.4 Å². The van der Waals surface area contributed by atoms with E-state index < -0.39 is 0 Å². The number of hydrogen-bond acceptors (Lipinski definition) is 4. The third-order valence-electron chi connectivity index (χ3n) is 5.73. The van der Waals surface area contributed by atoms with E-state index in [0.29, 0.717) is 13.1 Å². The Balaban J connectivity index is 1.79. The van der Waals surface area contributed by atoms with Crippen molar-refractivity contribution in [3.63, 3.8) is 0 Å². The number of amides is 1. The van der Waals surface area contributed by atoms with Crippen molar-refractivity contribution < 1.29 is 9.53 Å². The van der Waals surface area contributed by atoms with Crippen LogP contribution in [0.3, 0.4) is 0 Å². The van der Waals surface area contributed by atoms with E-state index in [4.69, 9.17) is 4.74 Å². The van der Waals surface area contributed by atoms with Gasteiger partial charge in [0.25, 0.3) is 5.91 Å². The standard InChI is InChI=1S/C23H30N4O2/c1-16(2)22(15-24)25-9-11-26(12-10-25)23(28)21-13-17(3)27(18(21)4)19-7-6-8-20(14-19)29-5/h6-8,13-14,16,22H,9-12H2,1-5H3. The molecule has 0 bridgehead atoms. The molecule has 0 radical (unpaired) electrons. The second-order valence-corrected chi connectivity index (χ2v) is 7.97. The normalized spacial score (nSPS) is 16.0. The number of aryl methyl sites for hydroxylation is 1. The van der Waals surface area contributed by atoms with E-state index in [2.05, 4.69) is 29.4 Å². The summed E-state index contributed by atoms with van der Waals surface area (Å²) in [6.45, 7) is 10.9. The molecule has 0 spiro atoms. The Morgan fingerprint density at radius 3 is 2.41 bits per heavy atom. The second kappa shape index (κ2) is 8.71. The van der Waals surface area contributed by atoms with Crippen LogP contribution in [0.2, 0.25) is 0 Å². The van der Waals surface area contributed by atoms with Crippen LogP contribution in [0.5, 0.6) is 5.75 Å². The van der Waals surface area contributed by atoms with E-state index in [-0.39, 0.29) is 17.9 Å². The lowest BCUT2D eigenvalue weighted by molar-refractivity contribution is 0.0576. The molecule has 1 fully saturated rings. The molecule has 3 rings (SSSR count). The molecule has 0 aliphatic carbocycles. The first-order valence-corrected chi connectivity index (χ1v) is 10.1. The molecular weight excluding hydrogens is 364 g/mol. The van der Waals surface area contributed by atoms with Crippen LogP contribution in [-0.2, 0) is 0 Å². The van der Waals surface area contributed by atoms with Gasteiger partial charge in [-0.15, -0.1) is 0 Å². The second-order valence-electron chi connectivity index (χ2n) is 7.97. The molecule has 6 nitrogen and oxygen atoms in total. The molecule has 1 aromatic heterocycles. The molecule has 1 aromatic carbocycles. The summed E-state index contributed by atoms with van der Waals surface area (Å²) in [6, 6.07) is 12.1. The van der Waals surface area contributed by atoms with E-state index in [1.54, 1.807) is 7.11 Å². The Bertz CT molecular complexity index is 917. The SMILES string of the molecule is COc1cccc(-n2c(C)cc(C(=O)N3CCN(C(C#N)C(C)C)CC3)c2C)c1. The number of aromatic nitrogens is 1. The van der Waals surface area contributed by atoms with E-state index in [9.17, 15) is 10.1 Å². The van der Waals surface area contributed by atoms with E-state index in [1.165, 1.54) is 0 Å². The molecule has 6 heteroatoms. The van der Waals surface area contributed by atoms with Gasteiger partial charge in [0.05, 0.1) is 18.7 Å². The summed E-state index contributed by atoms with van der Waals surface area (Å²) < 4.78 is 7.44. The molecule has 154 valence electrons. The van der Waals surface area contributed by atoms with Gasteiger partial charge in [-0.2, -0.15) is 5.26 Å². The number of carbonyl (C=O) groups excluding carboxylic acids is 1. The fourth-order valence-electron chi connectivity index (χ4n) is 4.15. The van der Waals surface area contributed by atoms with Gasteiger partial charge >= 0.3 is 0 Å². The molecular formula is C23H30N4O2. The molecule has 1 atom stereocenters. The van der Waals surface area contributed by atoms with Crippen LogP contribution in [0.25, 0.3) is 5.69 Å². The predicted molar refractivity (Wildman–Crippen MR) is 114 cm³/mol. The minimum Gasteiger partial charge on any atom is -0.497 e. The zero-order valence-electron chi connectivity index (χ0n) is 18.0.